The molecule has 3 heteroatoms. The first-order valence-electron chi connectivity index (χ1n) is 12.7. The maximum Gasteiger partial charge on any atom is 0.147 e. The van der Waals surface area contributed by atoms with Gasteiger partial charge >= 0.3 is 0 Å². The Morgan fingerprint density at radius 3 is 2.48 bits per heavy atom. The van der Waals surface area contributed by atoms with Crippen LogP contribution in [0, 0.1) is 40.4 Å². The zero-order chi connectivity index (χ0) is 22.2. The third-order valence-electron chi connectivity index (χ3n) is 10.5. The molecule has 0 unspecified atom stereocenters. The van der Waals surface area contributed by atoms with E-state index in [1.54, 1.807) is 0 Å². The first-order chi connectivity index (χ1) is 14.6. The van der Waals surface area contributed by atoms with Crippen LogP contribution in [0.15, 0.2) is 36.0 Å². The summed E-state index contributed by atoms with van der Waals surface area (Å²) in [7, 11) is 0. The highest BCUT2D eigenvalue weighted by Gasteiger charge is 2.71. The molecular formula is C28H42O3. The second-order valence-electron chi connectivity index (χ2n) is 12.3. The van der Waals surface area contributed by atoms with E-state index in [9.17, 15) is 5.11 Å². The molecule has 0 radical (unpaired) electrons. The van der Waals surface area contributed by atoms with Gasteiger partial charge in [0.05, 0.1) is 6.10 Å². The fraction of sp³-hybridized carbons (Fsp3) is 0.786. The molecule has 31 heavy (non-hydrogen) atoms. The van der Waals surface area contributed by atoms with Crippen molar-refractivity contribution in [1.29, 1.82) is 0 Å². The number of fused-ring (bicyclic) bond motifs is 2. The maximum absolute atomic E-state index is 10.4. The third kappa shape index (κ3) is 2.82. The van der Waals surface area contributed by atoms with Gasteiger partial charge < -0.3 is 5.11 Å². The summed E-state index contributed by atoms with van der Waals surface area (Å²) >= 11 is 0. The highest BCUT2D eigenvalue weighted by atomic mass is 17.2. The van der Waals surface area contributed by atoms with E-state index in [2.05, 4.69) is 71.9 Å². The van der Waals surface area contributed by atoms with Crippen molar-refractivity contribution in [2.45, 2.75) is 97.4 Å². The minimum absolute atomic E-state index is 0.0726. The van der Waals surface area contributed by atoms with Gasteiger partial charge in [0.2, 0.25) is 0 Å². The average Bonchev–Trinajstić information content (AvgIpc) is 3.09. The van der Waals surface area contributed by atoms with Gasteiger partial charge in [-0.15, -0.1) is 0 Å². The summed E-state index contributed by atoms with van der Waals surface area (Å²) in [6.07, 6.45) is 17.8. The van der Waals surface area contributed by atoms with Gasteiger partial charge in [-0.1, -0.05) is 59.8 Å². The maximum atomic E-state index is 10.4. The lowest BCUT2D eigenvalue weighted by Gasteiger charge is -2.66. The van der Waals surface area contributed by atoms with Gasteiger partial charge in [-0.05, 0) is 78.9 Å². The van der Waals surface area contributed by atoms with E-state index < -0.39 is 11.2 Å². The van der Waals surface area contributed by atoms with Gasteiger partial charge in [0.1, 0.15) is 11.2 Å². The van der Waals surface area contributed by atoms with Crippen molar-refractivity contribution in [2.75, 3.05) is 0 Å². The standard InChI is InChI=1S/C28H42O3/c1-18(2)19(3)7-8-20(4)22-9-10-23-25(22,5)13-12-24-26(6)14-11-21(29)17-27(26)15-16-28(23,24)31-30-27/h7-8,12,15-16,18-23,29H,9-11,13-14,17H2,1-6H3/b8-7+/t19-,20+,21+,22-,23+,25+,26-,27+,28-/m0/s1. The summed E-state index contributed by atoms with van der Waals surface area (Å²) in [4.78, 5) is 12.6. The predicted molar refractivity (Wildman–Crippen MR) is 124 cm³/mol. The molecule has 2 spiro atoms. The number of hydrogen-bond acceptors (Lipinski definition) is 3. The summed E-state index contributed by atoms with van der Waals surface area (Å²) < 4.78 is 0. The second kappa shape index (κ2) is 7.05. The fourth-order valence-electron chi connectivity index (χ4n) is 8.01. The molecule has 6 rings (SSSR count). The van der Waals surface area contributed by atoms with E-state index in [-0.39, 0.29) is 16.9 Å². The Morgan fingerprint density at radius 1 is 1.03 bits per heavy atom. The molecule has 6 aliphatic rings. The van der Waals surface area contributed by atoms with E-state index in [1.807, 2.05) is 0 Å². The van der Waals surface area contributed by atoms with Crippen molar-refractivity contribution in [1.82, 2.24) is 0 Å². The summed E-state index contributed by atoms with van der Waals surface area (Å²) in [5.41, 5.74) is 0.656. The Labute approximate surface area is 188 Å². The minimum atomic E-state index is -0.507. The van der Waals surface area contributed by atoms with E-state index in [0.29, 0.717) is 36.0 Å². The fourth-order valence-corrected chi connectivity index (χ4v) is 8.01. The van der Waals surface area contributed by atoms with Crippen LogP contribution in [0.2, 0.25) is 0 Å². The molecule has 172 valence electrons. The molecule has 2 bridgehead atoms. The first-order valence-corrected chi connectivity index (χ1v) is 12.7. The summed E-state index contributed by atoms with van der Waals surface area (Å²) in [5, 5.41) is 10.4. The van der Waals surface area contributed by atoms with Crippen LogP contribution in [0.1, 0.15) is 80.1 Å². The Morgan fingerprint density at radius 2 is 1.81 bits per heavy atom. The molecule has 4 aliphatic carbocycles. The van der Waals surface area contributed by atoms with Crippen molar-refractivity contribution in [3.05, 3.63) is 36.0 Å². The van der Waals surface area contributed by atoms with Gasteiger partial charge in [-0.25, -0.2) is 9.78 Å². The van der Waals surface area contributed by atoms with Crippen molar-refractivity contribution < 1.29 is 14.9 Å². The summed E-state index contributed by atoms with van der Waals surface area (Å²) in [6, 6.07) is 0. The Hall–Kier alpha value is -0.900. The van der Waals surface area contributed by atoms with Gasteiger partial charge in [-0.2, -0.15) is 0 Å². The van der Waals surface area contributed by atoms with E-state index in [1.165, 1.54) is 18.4 Å². The number of allylic oxidation sites excluding steroid dienone is 3. The van der Waals surface area contributed by atoms with Crippen LogP contribution in [0.25, 0.3) is 0 Å². The average molecular weight is 427 g/mol. The topological polar surface area (TPSA) is 38.7 Å². The molecule has 1 saturated heterocycles. The third-order valence-corrected chi connectivity index (χ3v) is 10.5. The van der Waals surface area contributed by atoms with Gasteiger partial charge in [0, 0.05) is 17.8 Å². The van der Waals surface area contributed by atoms with Crippen LogP contribution < -0.4 is 0 Å². The molecule has 2 saturated carbocycles. The van der Waals surface area contributed by atoms with Gasteiger partial charge in [0.15, 0.2) is 0 Å². The highest BCUT2D eigenvalue weighted by molar-refractivity contribution is 5.48. The minimum Gasteiger partial charge on any atom is -0.393 e. The van der Waals surface area contributed by atoms with Crippen LogP contribution in [-0.2, 0) is 9.78 Å². The van der Waals surface area contributed by atoms with Crippen LogP contribution in [-0.4, -0.2) is 22.4 Å². The number of aliphatic hydroxyl groups excluding tert-OH is 1. The SMILES string of the molecule is CC(C)[C@@H](C)/C=C/[C@@H](C)[C@@H]1CC[C@@H]2[C@]1(C)CC=C1[C@]3(C)CC[C@@H](O)C[C@]34C=C[C@@]12OO4. The zero-order valence-corrected chi connectivity index (χ0v) is 20.4. The summed E-state index contributed by atoms with van der Waals surface area (Å²) in [6.45, 7) is 14.2. The second-order valence-corrected chi connectivity index (χ2v) is 12.3. The molecule has 0 aromatic rings. The molecule has 2 heterocycles. The highest BCUT2D eigenvalue weighted by Crippen LogP contribution is 2.71. The van der Waals surface area contributed by atoms with E-state index in [4.69, 9.17) is 9.78 Å². The lowest BCUT2D eigenvalue weighted by atomic mass is 9.47. The molecule has 3 fully saturated rings. The van der Waals surface area contributed by atoms with Crippen molar-refractivity contribution >= 4 is 0 Å². The monoisotopic (exact) mass is 426 g/mol. The molecule has 0 aromatic carbocycles. The Bertz CT molecular complexity index is 826. The lowest BCUT2D eigenvalue weighted by molar-refractivity contribution is -0.455. The molecule has 9 atom stereocenters. The number of rotatable bonds is 4. The van der Waals surface area contributed by atoms with Crippen molar-refractivity contribution in [3.63, 3.8) is 0 Å². The molecule has 2 aliphatic heterocycles. The van der Waals surface area contributed by atoms with Crippen LogP contribution >= 0.6 is 0 Å². The van der Waals surface area contributed by atoms with Crippen LogP contribution in [0.4, 0.5) is 0 Å². The summed E-state index contributed by atoms with van der Waals surface area (Å²) in [5.74, 6) is 2.98. The number of hydrogen-bond donors (Lipinski definition) is 1. The molecule has 1 N–H and O–H groups in total. The Balaban J connectivity index is 1.48. The van der Waals surface area contributed by atoms with Crippen molar-refractivity contribution in [2.24, 2.45) is 40.4 Å². The smallest absolute Gasteiger partial charge is 0.147 e. The Kier molecular flexibility index (Phi) is 4.98. The first kappa shape index (κ1) is 21.9. The van der Waals surface area contributed by atoms with Crippen LogP contribution in [0.5, 0.6) is 0 Å². The largest absolute Gasteiger partial charge is 0.393 e. The lowest BCUT2D eigenvalue weighted by Crippen LogP contribution is -2.69. The van der Waals surface area contributed by atoms with E-state index in [0.717, 1.165) is 19.3 Å². The van der Waals surface area contributed by atoms with Gasteiger partial charge in [-0.3, -0.25) is 0 Å². The molecule has 0 aromatic heterocycles. The zero-order valence-electron chi connectivity index (χ0n) is 20.4. The normalized spacial score (nSPS) is 50.2. The molecule has 3 nitrogen and oxygen atoms in total. The van der Waals surface area contributed by atoms with Crippen molar-refractivity contribution in [3.8, 4) is 0 Å². The van der Waals surface area contributed by atoms with E-state index >= 15 is 0 Å². The quantitative estimate of drug-likeness (QED) is 0.418. The van der Waals surface area contributed by atoms with Gasteiger partial charge in [0.25, 0.3) is 0 Å². The molecule has 0 amide bonds. The predicted octanol–water partition coefficient (Wildman–Crippen LogP) is 6.39. The number of aliphatic hydroxyl groups is 1. The van der Waals surface area contributed by atoms with Crippen LogP contribution in [0.3, 0.4) is 0 Å². The molecular weight excluding hydrogens is 384 g/mol.